The van der Waals surface area contributed by atoms with E-state index in [1.54, 1.807) is 0 Å². The van der Waals surface area contributed by atoms with Crippen LogP contribution >= 0.6 is 0 Å². The topological polar surface area (TPSA) is 158 Å². The van der Waals surface area contributed by atoms with Crippen LogP contribution in [0.3, 0.4) is 0 Å². The van der Waals surface area contributed by atoms with Gasteiger partial charge in [-0.1, -0.05) is 0 Å². The van der Waals surface area contributed by atoms with Gasteiger partial charge < -0.3 is 25.2 Å². The first-order chi connectivity index (χ1) is 10.7. The number of Topliss-reactive ketones (excluding diaryl/α,β-unsaturated/α-hetero) is 4. The Hall–Kier alpha value is -1.59. The first-order valence-electron chi connectivity index (χ1n) is 6.86. The average molecular weight is 350 g/mol. The minimum Gasteiger partial charge on any atom is -0.393 e. The summed E-state index contributed by atoms with van der Waals surface area (Å²) in [5.74, 6) is -9.39. The van der Waals surface area contributed by atoms with Crippen LogP contribution in [-0.4, -0.2) is 78.9 Å². The molecule has 5 atom stereocenters. The third kappa shape index (κ3) is 2.04. The van der Waals surface area contributed by atoms with E-state index in [0.29, 0.717) is 27.7 Å². The van der Waals surface area contributed by atoms with Crippen molar-refractivity contribution in [3.63, 3.8) is 0 Å². The normalized spacial score (nSPS) is 42.5. The van der Waals surface area contributed by atoms with Gasteiger partial charge in [0.2, 0.25) is 6.17 Å². The number of aliphatic hydroxyl groups excluding tert-OH is 1. The van der Waals surface area contributed by atoms with Crippen molar-refractivity contribution in [1.82, 2.24) is 0 Å². The van der Waals surface area contributed by atoms with Gasteiger partial charge in [0.25, 0.3) is 5.79 Å². The molecule has 0 aromatic rings. The third-order valence-electron chi connectivity index (χ3n) is 4.52. The quantitative estimate of drug-likeness (QED) is 0.424. The number of ketones is 4. The van der Waals surface area contributed by atoms with Crippen LogP contribution in [0, 0.1) is 0 Å². The van der Waals surface area contributed by atoms with Crippen molar-refractivity contribution in [1.29, 1.82) is 0 Å². The van der Waals surface area contributed by atoms with Gasteiger partial charge in [-0.3, -0.25) is 19.2 Å². The number of ether oxygens (including phenoxy) is 1. The van der Waals surface area contributed by atoms with E-state index in [2.05, 4.69) is 0 Å². The molecule has 0 saturated carbocycles. The molecule has 0 bridgehead atoms. The molecule has 1 aliphatic heterocycles. The fourth-order valence-corrected chi connectivity index (χ4v) is 2.99. The fourth-order valence-electron chi connectivity index (χ4n) is 2.99. The van der Waals surface area contributed by atoms with E-state index in [1.807, 2.05) is 0 Å². The zero-order chi connectivity index (χ0) is 19.3. The lowest BCUT2D eigenvalue weighted by molar-refractivity contribution is -0.377. The smallest absolute Gasteiger partial charge is 0.263 e. The van der Waals surface area contributed by atoms with Crippen LogP contribution in [0.1, 0.15) is 27.7 Å². The summed E-state index contributed by atoms with van der Waals surface area (Å²) in [6.07, 6.45) is -3.31. The maximum Gasteiger partial charge on any atom is 0.263 e. The van der Waals surface area contributed by atoms with Crippen molar-refractivity contribution in [2.75, 3.05) is 6.61 Å². The van der Waals surface area contributed by atoms with Crippen molar-refractivity contribution in [3.8, 4) is 0 Å². The van der Waals surface area contributed by atoms with E-state index < -0.39 is 58.5 Å². The van der Waals surface area contributed by atoms with E-state index in [0.717, 1.165) is 0 Å². The van der Waals surface area contributed by atoms with E-state index in [1.165, 1.54) is 0 Å². The van der Waals surface area contributed by atoms with Crippen LogP contribution in [0.15, 0.2) is 0 Å². The highest BCUT2D eigenvalue weighted by Gasteiger charge is 2.82. The van der Waals surface area contributed by atoms with E-state index in [9.17, 15) is 44.0 Å². The minimum absolute atomic E-state index is 0.578. The molecule has 0 aromatic carbocycles. The van der Waals surface area contributed by atoms with Gasteiger partial charge in [0.15, 0.2) is 39.9 Å². The fraction of sp³-hybridized carbons (Fsp3) is 0.714. The molecule has 10 heteroatoms. The summed E-state index contributed by atoms with van der Waals surface area (Å²) in [7, 11) is 0. The van der Waals surface area contributed by atoms with Gasteiger partial charge in [0.1, 0.15) is 0 Å². The summed E-state index contributed by atoms with van der Waals surface area (Å²) in [6, 6.07) is 0. The summed E-state index contributed by atoms with van der Waals surface area (Å²) in [6.45, 7) is 0.998. The van der Waals surface area contributed by atoms with E-state index in [-0.39, 0.29) is 0 Å². The number of aliphatic hydroxyl groups is 4. The van der Waals surface area contributed by atoms with Crippen LogP contribution in [0.2, 0.25) is 0 Å². The average Bonchev–Trinajstić information content (AvgIpc) is 2.47. The molecule has 9 nitrogen and oxygen atoms in total. The molecule has 1 fully saturated rings. The highest BCUT2D eigenvalue weighted by molar-refractivity contribution is 6.06. The molecule has 1 saturated heterocycles. The molecule has 1 rings (SSSR count). The number of hydrogen-bond acceptors (Lipinski definition) is 9. The largest absolute Gasteiger partial charge is 0.393 e. The van der Waals surface area contributed by atoms with Crippen molar-refractivity contribution in [2.45, 2.75) is 56.5 Å². The molecular weight excluding hydrogens is 331 g/mol. The van der Waals surface area contributed by atoms with Crippen LogP contribution in [0.4, 0.5) is 4.39 Å². The van der Waals surface area contributed by atoms with Crippen molar-refractivity contribution in [2.24, 2.45) is 0 Å². The SMILES string of the molecule is CC(=O)[C@@]1(O)[C@](CO)(C(C)=O)O[C@@](O)(C(C)=O)[C@@H](F)[C@]1(O)C(C)=O. The summed E-state index contributed by atoms with van der Waals surface area (Å²) in [5, 5.41) is 41.0. The number of carbonyl (C=O) groups excluding carboxylic acids is 4. The third-order valence-corrected chi connectivity index (χ3v) is 4.52. The van der Waals surface area contributed by atoms with Crippen LogP contribution < -0.4 is 0 Å². The number of carbonyl (C=O) groups is 4. The number of alkyl halides is 1. The van der Waals surface area contributed by atoms with Gasteiger partial charge in [-0.2, -0.15) is 0 Å². The predicted octanol–water partition coefficient (Wildman–Crippen LogP) is -2.41. The predicted molar refractivity (Wildman–Crippen MR) is 73.4 cm³/mol. The second-order valence-electron chi connectivity index (χ2n) is 5.85. The van der Waals surface area contributed by atoms with Crippen LogP contribution in [0.5, 0.6) is 0 Å². The standard InChI is InChI=1S/C14H19FO9/c1-6(17)11(5-16)14(23,9(4)20)12(21,7(2)18)10(15)13(22,24-11)8(3)19/h10,16,21-23H,5H2,1-4H3/t10-,11-,12+,13-,14+/m0/s1. The Morgan fingerprint density at radius 2 is 1.38 bits per heavy atom. The molecule has 0 aliphatic carbocycles. The van der Waals surface area contributed by atoms with Gasteiger partial charge in [0, 0.05) is 6.92 Å². The Morgan fingerprint density at radius 3 is 1.62 bits per heavy atom. The van der Waals surface area contributed by atoms with Crippen molar-refractivity contribution in [3.05, 3.63) is 0 Å². The number of halogens is 1. The summed E-state index contributed by atoms with van der Waals surface area (Å²) < 4.78 is 19.5. The maximum absolute atomic E-state index is 14.8. The van der Waals surface area contributed by atoms with E-state index >= 15 is 0 Å². The zero-order valence-corrected chi connectivity index (χ0v) is 13.5. The lowest BCUT2D eigenvalue weighted by atomic mass is 9.60. The molecule has 1 heterocycles. The van der Waals surface area contributed by atoms with Gasteiger partial charge in [-0.25, -0.2) is 4.39 Å². The Balaban J connectivity index is 4.03. The number of hydrogen-bond donors (Lipinski definition) is 4. The molecule has 24 heavy (non-hydrogen) atoms. The molecule has 0 unspecified atom stereocenters. The Bertz CT molecular complexity index is 601. The monoisotopic (exact) mass is 350 g/mol. The van der Waals surface area contributed by atoms with Crippen LogP contribution in [-0.2, 0) is 23.9 Å². The highest BCUT2D eigenvalue weighted by atomic mass is 19.1. The zero-order valence-electron chi connectivity index (χ0n) is 13.5. The second kappa shape index (κ2) is 5.74. The van der Waals surface area contributed by atoms with Gasteiger partial charge in [0.05, 0.1) is 6.61 Å². The second-order valence-corrected chi connectivity index (χ2v) is 5.85. The Morgan fingerprint density at radius 1 is 0.917 bits per heavy atom. The molecule has 1 aliphatic rings. The minimum atomic E-state index is -3.73. The first-order valence-corrected chi connectivity index (χ1v) is 6.86. The molecule has 0 radical (unpaired) electrons. The Labute approximate surface area is 136 Å². The van der Waals surface area contributed by atoms with Crippen molar-refractivity contribution < 1.29 is 48.7 Å². The Kier molecular flexibility index (Phi) is 4.89. The van der Waals surface area contributed by atoms with Gasteiger partial charge in [-0.15, -0.1) is 0 Å². The molecule has 0 spiro atoms. The lowest BCUT2D eigenvalue weighted by Crippen LogP contribution is -2.88. The van der Waals surface area contributed by atoms with Gasteiger partial charge in [-0.05, 0) is 20.8 Å². The molecule has 0 amide bonds. The summed E-state index contributed by atoms with van der Waals surface area (Å²) >= 11 is 0. The van der Waals surface area contributed by atoms with Crippen LogP contribution in [0.25, 0.3) is 0 Å². The highest BCUT2D eigenvalue weighted by Crippen LogP contribution is 2.50. The molecule has 4 N–H and O–H groups in total. The summed E-state index contributed by atoms with van der Waals surface area (Å²) in [5.41, 5.74) is -10.5. The van der Waals surface area contributed by atoms with Gasteiger partial charge >= 0.3 is 0 Å². The summed E-state index contributed by atoms with van der Waals surface area (Å²) in [4.78, 5) is 47.6. The number of rotatable bonds is 5. The molecule has 136 valence electrons. The molecular formula is C14H19FO9. The molecule has 0 aromatic heterocycles. The maximum atomic E-state index is 14.8. The lowest BCUT2D eigenvalue weighted by Gasteiger charge is -2.58. The first kappa shape index (κ1) is 20.5. The van der Waals surface area contributed by atoms with Crippen molar-refractivity contribution >= 4 is 23.1 Å². The van der Waals surface area contributed by atoms with E-state index in [4.69, 9.17) is 4.74 Å².